The van der Waals surface area contributed by atoms with Crippen LogP contribution in [0.4, 0.5) is 0 Å². The topological polar surface area (TPSA) is 34.2 Å². The molecule has 0 aliphatic carbocycles. The lowest BCUT2D eigenvalue weighted by Gasteiger charge is -2.16. The second-order valence-electron chi connectivity index (χ2n) is 5.38. The second kappa shape index (κ2) is 8.15. The number of aryl methyl sites for hydroxylation is 2. The van der Waals surface area contributed by atoms with E-state index in [1.165, 1.54) is 22.6 Å². The van der Waals surface area contributed by atoms with Gasteiger partial charge in [0.15, 0.2) is 0 Å². The van der Waals surface area contributed by atoms with E-state index < -0.39 is 0 Å². The van der Waals surface area contributed by atoms with Crippen LogP contribution in [0.15, 0.2) is 29.8 Å². The molecule has 0 amide bonds. The Hall–Kier alpha value is -1.39. The van der Waals surface area contributed by atoms with Crippen LogP contribution in [-0.2, 0) is 12.8 Å². The lowest BCUT2D eigenvalue weighted by atomic mass is 9.94. The van der Waals surface area contributed by atoms with Crippen LogP contribution in [0, 0.1) is 12.8 Å². The fourth-order valence-electron chi connectivity index (χ4n) is 2.56. The summed E-state index contributed by atoms with van der Waals surface area (Å²) in [5.41, 5.74) is 4.51. The SMILES string of the molecule is CNCC(CCc1scnc1C)Cc1ccc(OC)cc1. The van der Waals surface area contributed by atoms with Gasteiger partial charge in [-0.1, -0.05) is 12.1 Å². The number of aromatic nitrogens is 1. The number of nitrogens with one attached hydrogen (secondary N) is 1. The van der Waals surface area contributed by atoms with Gasteiger partial charge in [-0.25, -0.2) is 4.98 Å². The number of benzene rings is 1. The largest absolute Gasteiger partial charge is 0.497 e. The molecular formula is C17H24N2OS. The molecule has 2 aromatic rings. The van der Waals surface area contributed by atoms with E-state index in [1.807, 2.05) is 24.7 Å². The molecule has 2 rings (SSSR count). The second-order valence-corrected chi connectivity index (χ2v) is 6.31. The summed E-state index contributed by atoms with van der Waals surface area (Å²) in [6.45, 7) is 3.15. The van der Waals surface area contributed by atoms with Gasteiger partial charge < -0.3 is 10.1 Å². The molecule has 1 aromatic carbocycles. The van der Waals surface area contributed by atoms with Crippen molar-refractivity contribution in [1.82, 2.24) is 10.3 Å². The number of rotatable bonds is 8. The van der Waals surface area contributed by atoms with Crippen LogP contribution in [0.5, 0.6) is 5.75 Å². The van der Waals surface area contributed by atoms with Crippen molar-refractivity contribution in [1.29, 1.82) is 0 Å². The molecule has 0 aliphatic heterocycles. The van der Waals surface area contributed by atoms with E-state index in [1.54, 1.807) is 18.4 Å². The molecule has 0 radical (unpaired) electrons. The zero-order valence-corrected chi connectivity index (χ0v) is 13.9. The molecule has 3 nitrogen and oxygen atoms in total. The van der Waals surface area contributed by atoms with Crippen LogP contribution < -0.4 is 10.1 Å². The molecule has 1 atom stereocenters. The van der Waals surface area contributed by atoms with E-state index in [4.69, 9.17) is 4.74 Å². The van der Waals surface area contributed by atoms with Gasteiger partial charge in [-0.15, -0.1) is 11.3 Å². The number of hydrogen-bond acceptors (Lipinski definition) is 4. The van der Waals surface area contributed by atoms with E-state index >= 15 is 0 Å². The highest BCUT2D eigenvalue weighted by atomic mass is 32.1. The zero-order valence-electron chi connectivity index (χ0n) is 13.1. The zero-order chi connectivity index (χ0) is 15.1. The molecule has 0 spiro atoms. The Labute approximate surface area is 131 Å². The first-order valence-electron chi connectivity index (χ1n) is 7.39. The third-order valence-corrected chi connectivity index (χ3v) is 4.80. The van der Waals surface area contributed by atoms with Crippen molar-refractivity contribution in [3.8, 4) is 5.75 Å². The number of hydrogen-bond donors (Lipinski definition) is 1. The van der Waals surface area contributed by atoms with Crippen molar-refractivity contribution >= 4 is 11.3 Å². The molecular weight excluding hydrogens is 280 g/mol. The van der Waals surface area contributed by atoms with Gasteiger partial charge >= 0.3 is 0 Å². The standard InChI is InChI=1S/C17H24N2OS/c1-13-17(21-12-19-13)9-6-15(11-18-2)10-14-4-7-16(20-3)8-5-14/h4-5,7-8,12,15,18H,6,9-11H2,1-3H3. The average Bonchev–Trinajstić information content (AvgIpc) is 2.91. The molecule has 1 aromatic heterocycles. The minimum Gasteiger partial charge on any atom is -0.497 e. The molecule has 21 heavy (non-hydrogen) atoms. The monoisotopic (exact) mass is 304 g/mol. The maximum Gasteiger partial charge on any atom is 0.118 e. The van der Waals surface area contributed by atoms with Gasteiger partial charge in [0.2, 0.25) is 0 Å². The summed E-state index contributed by atoms with van der Waals surface area (Å²) in [7, 11) is 3.73. The molecule has 4 heteroatoms. The summed E-state index contributed by atoms with van der Waals surface area (Å²) < 4.78 is 5.21. The van der Waals surface area contributed by atoms with E-state index in [-0.39, 0.29) is 0 Å². The van der Waals surface area contributed by atoms with Gasteiger partial charge in [0.05, 0.1) is 18.3 Å². The summed E-state index contributed by atoms with van der Waals surface area (Å²) >= 11 is 1.77. The van der Waals surface area contributed by atoms with Crippen molar-refractivity contribution in [2.45, 2.75) is 26.2 Å². The van der Waals surface area contributed by atoms with Crippen LogP contribution in [-0.4, -0.2) is 25.7 Å². The Morgan fingerprint density at radius 3 is 2.62 bits per heavy atom. The number of methoxy groups -OCH3 is 1. The first-order valence-corrected chi connectivity index (χ1v) is 8.27. The highest BCUT2D eigenvalue weighted by Gasteiger charge is 2.11. The van der Waals surface area contributed by atoms with E-state index in [0.29, 0.717) is 5.92 Å². The summed E-state index contributed by atoms with van der Waals surface area (Å²) in [5, 5.41) is 3.32. The highest BCUT2D eigenvalue weighted by Crippen LogP contribution is 2.20. The molecule has 1 heterocycles. The fourth-order valence-corrected chi connectivity index (χ4v) is 3.36. The molecule has 1 unspecified atom stereocenters. The van der Waals surface area contributed by atoms with Crippen molar-refractivity contribution in [2.75, 3.05) is 20.7 Å². The molecule has 0 saturated carbocycles. The van der Waals surface area contributed by atoms with Gasteiger partial charge in [-0.05, 0) is 63.4 Å². The third kappa shape index (κ3) is 4.83. The third-order valence-electron chi connectivity index (χ3n) is 3.80. The Balaban J connectivity index is 1.93. The maximum atomic E-state index is 5.21. The number of ether oxygens (including phenoxy) is 1. The molecule has 1 N–H and O–H groups in total. The summed E-state index contributed by atoms with van der Waals surface area (Å²) in [6.07, 6.45) is 3.41. The fraction of sp³-hybridized carbons (Fsp3) is 0.471. The average molecular weight is 304 g/mol. The molecule has 0 fully saturated rings. The van der Waals surface area contributed by atoms with Crippen LogP contribution in [0.25, 0.3) is 0 Å². The maximum absolute atomic E-state index is 5.21. The molecule has 0 saturated heterocycles. The highest BCUT2D eigenvalue weighted by molar-refractivity contribution is 7.09. The predicted octanol–water partition coefficient (Wildman–Crippen LogP) is 3.47. The van der Waals surface area contributed by atoms with Gasteiger partial charge in [-0.3, -0.25) is 0 Å². The quantitative estimate of drug-likeness (QED) is 0.811. The molecule has 0 bridgehead atoms. The van der Waals surface area contributed by atoms with Gasteiger partial charge in [0.1, 0.15) is 5.75 Å². The van der Waals surface area contributed by atoms with Crippen LogP contribution in [0.2, 0.25) is 0 Å². The van der Waals surface area contributed by atoms with Crippen LogP contribution in [0.3, 0.4) is 0 Å². The van der Waals surface area contributed by atoms with Crippen molar-refractivity contribution < 1.29 is 4.74 Å². The lowest BCUT2D eigenvalue weighted by molar-refractivity contribution is 0.414. The Kier molecular flexibility index (Phi) is 6.21. The Bertz CT molecular complexity index is 536. The van der Waals surface area contributed by atoms with Gasteiger partial charge in [0.25, 0.3) is 0 Å². The first-order chi connectivity index (χ1) is 10.2. The van der Waals surface area contributed by atoms with E-state index in [0.717, 1.165) is 25.1 Å². The van der Waals surface area contributed by atoms with Gasteiger partial charge in [0, 0.05) is 4.88 Å². The predicted molar refractivity (Wildman–Crippen MR) is 89.3 cm³/mol. The number of nitrogens with zero attached hydrogens (tertiary/aromatic N) is 1. The Morgan fingerprint density at radius 2 is 2.05 bits per heavy atom. The minimum atomic E-state index is 0.643. The molecule has 114 valence electrons. The van der Waals surface area contributed by atoms with Crippen LogP contribution in [0.1, 0.15) is 22.6 Å². The summed E-state index contributed by atoms with van der Waals surface area (Å²) in [6, 6.07) is 8.41. The smallest absolute Gasteiger partial charge is 0.118 e. The summed E-state index contributed by atoms with van der Waals surface area (Å²) in [4.78, 5) is 5.75. The van der Waals surface area contributed by atoms with Crippen molar-refractivity contribution in [2.24, 2.45) is 5.92 Å². The van der Waals surface area contributed by atoms with E-state index in [9.17, 15) is 0 Å². The van der Waals surface area contributed by atoms with Crippen molar-refractivity contribution in [3.63, 3.8) is 0 Å². The van der Waals surface area contributed by atoms with Crippen LogP contribution >= 0.6 is 11.3 Å². The van der Waals surface area contributed by atoms with Gasteiger partial charge in [-0.2, -0.15) is 0 Å². The minimum absolute atomic E-state index is 0.643. The Morgan fingerprint density at radius 1 is 1.29 bits per heavy atom. The normalized spacial score (nSPS) is 12.3. The molecule has 0 aliphatic rings. The van der Waals surface area contributed by atoms with E-state index in [2.05, 4.69) is 29.4 Å². The lowest BCUT2D eigenvalue weighted by Crippen LogP contribution is -2.21. The number of thiazole rings is 1. The van der Waals surface area contributed by atoms with Crippen molar-refractivity contribution in [3.05, 3.63) is 45.9 Å². The summed E-state index contributed by atoms with van der Waals surface area (Å²) in [5.74, 6) is 1.56. The first kappa shape index (κ1) is 16.0.